The normalized spacial score (nSPS) is 17.6. The summed E-state index contributed by atoms with van der Waals surface area (Å²) in [6, 6.07) is 0. The Morgan fingerprint density at radius 2 is 1.89 bits per heavy atom. The Morgan fingerprint density at radius 3 is 2.50 bits per heavy atom. The van der Waals surface area contributed by atoms with Crippen molar-refractivity contribution in [2.45, 2.75) is 51.4 Å². The zero-order chi connectivity index (χ0) is 13.4. The molecule has 0 radical (unpaired) electrons. The maximum Gasteiger partial charge on any atom is 0.220 e. The number of hydrogen-bond donors (Lipinski definition) is 2. The van der Waals surface area contributed by atoms with E-state index < -0.39 is 10.0 Å². The van der Waals surface area contributed by atoms with Crippen LogP contribution in [0.5, 0.6) is 0 Å². The fourth-order valence-electron chi connectivity index (χ4n) is 2.40. The molecule has 6 heteroatoms. The molecule has 1 rings (SSSR count). The molecule has 1 fully saturated rings. The van der Waals surface area contributed by atoms with Gasteiger partial charge in [0.05, 0.1) is 5.75 Å². The highest BCUT2D eigenvalue weighted by Gasteiger charge is 2.14. The minimum absolute atomic E-state index is 0.0231. The summed E-state index contributed by atoms with van der Waals surface area (Å²) in [5.74, 6) is 0.652. The number of sulfonamides is 1. The second-order valence-electron chi connectivity index (χ2n) is 5.11. The lowest BCUT2D eigenvalue weighted by atomic mass is 9.86. The lowest BCUT2D eigenvalue weighted by Crippen LogP contribution is -2.27. The van der Waals surface area contributed by atoms with E-state index in [-0.39, 0.29) is 11.7 Å². The van der Waals surface area contributed by atoms with Crippen molar-refractivity contribution in [3.8, 4) is 0 Å². The average molecular weight is 276 g/mol. The molecule has 0 heterocycles. The second-order valence-corrected chi connectivity index (χ2v) is 6.85. The molecule has 1 saturated carbocycles. The first kappa shape index (κ1) is 15.4. The Morgan fingerprint density at radius 1 is 1.22 bits per heavy atom. The summed E-state index contributed by atoms with van der Waals surface area (Å²) in [6.07, 6.45) is 8.31. The van der Waals surface area contributed by atoms with E-state index in [9.17, 15) is 13.2 Å². The molecule has 0 aromatic rings. The standard InChI is InChI=1S/C12H24N2O3S/c13-18(16,17)10-4-9-14-12(15)8-7-11-5-2-1-3-6-11/h11H,1-10H2,(H,14,15)(H2,13,16,17). The third kappa shape index (κ3) is 7.66. The molecule has 0 saturated heterocycles. The summed E-state index contributed by atoms with van der Waals surface area (Å²) >= 11 is 0. The van der Waals surface area contributed by atoms with Crippen LogP contribution < -0.4 is 10.5 Å². The van der Waals surface area contributed by atoms with E-state index in [4.69, 9.17) is 5.14 Å². The van der Waals surface area contributed by atoms with Gasteiger partial charge < -0.3 is 5.32 Å². The van der Waals surface area contributed by atoms with Gasteiger partial charge in [-0.3, -0.25) is 4.79 Å². The third-order valence-corrected chi connectivity index (χ3v) is 4.29. The zero-order valence-corrected chi connectivity index (χ0v) is 11.7. The Bertz CT molecular complexity index is 348. The third-order valence-electron chi connectivity index (χ3n) is 3.43. The van der Waals surface area contributed by atoms with Gasteiger partial charge in [-0.05, 0) is 18.8 Å². The van der Waals surface area contributed by atoms with Crippen molar-refractivity contribution in [2.24, 2.45) is 11.1 Å². The van der Waals surface area contributed by atoms with E-state index in [0.29, 0.717) is 25.3 Å². The van der Waals surface area contributed by atoms with E-state index >= 15 is 0 Å². The maximum atomic E-state index is 11.5. The first-order chi connectivity index (χ1) is 8.47. The van der Waals surface area contributed by atoms with E-state index in [1.165, 1.54) is 32.1 Å². The Balaban J connectivity index is 2.03. The lowest BCUT2D eigenvalue weighted by Gasteiger charge is -2.20. The van der Waals surface area contributed by atoms with Crippen LogP contribution in [0.15, 0.2) is 0 Å². The zero-order valence-electron chi connectivity index (χ0n) is 10.9. The molecule has 106 valence electrons. The number of amides is 1. The summed E-state index contributed by atoms with van der Waals surface area (Å²) in [6.45, 7) is 0.389. The van der Waals surface area contributed by atoms with Crippen LogP contribution in [0, 0.1) is 5.92 Å². The molecule has 0 bridgehead atoms. The highest BCUT2D eigenvalue weighted by molar-refractivity contribution is 7.89. The SMILES string of the molecule is NS(=O)(=O)CCCNC(=O)CCC1CCCCC1. The summed E-state index contributed by atoms with van der Waals surface area (Å²) < 4.78 is 21.3. The van der Waals surface area contributed by atoms with Gasteiger partial charge in [0.15, 0.2) is 0 Å². The van der Waals surface area contributed by atoms with E-state index in [2.05, 4.69) is 5.32 Å². The number of nitrogens with one attached hydrogen (secondary N) is 1. The van der Waals surface area contributed by atoms with Crippen molar-refractivity contribution < 1.29 is 13.2 Å². The van der Waals surface area contributed by atoms with Crippen molar-refractivity contribution in [1.82, 2.24) is 5.32 Å². The van der Waals surface area contributed by atoms with Crippen molar-refractivity contribution in [2.75, 3.05) is 12.3 Å². The minimum Gasteiger partial charge on any atom is -0.356 e. The second kappa shape index (κ2) is 7.74. The number of primary sulfonamides is 1. The smallest absolute Gasteiger partial charge is 0.220 e. The monoisotopic (exact) mass is 276 g/mol. The number of hydrogen-bond acceptors (Lipinski definition) is 3. The molecule has 0 spiro atoms. The highest BCUT2D eigenvalue weighted by atomic mass is 32.2. The molecule has 1 amide bonds. The van der Waals surface area contributed by atoms with Gasteiger partial charge in [-0.1, -0.05) is 32.1 Å². The Labute approximate surface area is 110 Å². The molecule has 3 N–H and O–H groups in total. The van der Waals surface area contributed by atoms with Gasteiger partial charge in [-0.2, -0.15) is 0 Å². The molecule has 0 aromatic heterocycles. The number of nitrogens with two attached hydrogens (primary N) is 1. The van der Waals surface area contributed by atoms with E-state index in [1.54, 1.807) is 0 Å². The summed E-state index contributed by atoms with van der Waals surface area (Å²) in [5, 5.41) is 7.60. The molecule has 0 atom stereocenters. The van der Waals surface area contributed by atoms with Crippen molar-refractivity contribution in [3.05, 3.63) is 0 Å². The van der Waals surface area contributed by atoms with Gasteiger partial charge >= 0.3 is 0 Å². The van der Waals surface area contributed by atoms with Crippen molar-refractivity contribution in [3.63, 3.8) is 0 Å². The van der Waals surface area contributed by atoms with Gasteiger partial charge in [0.25, 0.3) is 0 Å². The quantitative estimate of drug-likeness (QED) is 0.683. The van der Waals surface area contributed by atoms with Crippen molar-refractivity contribution in [1.29, 1.82) is 0 Å². The fourth-order valence-corrected chi connectivity index (χ4v) is 2.95. The molecule has 0 aliphatic heterocycles. The van der Waals surface area contributed by atoms with E-state index in [0.717, 1.165) is 6.42 Å². The van der Waals surface area contributed by atoms with Crippen LogP contribution in [-0.4, -0.2) is 26.6 Å². The first-order valence-corrected chi connectivity index (χ1v) is 8.46. The van der Waals surface area contributed by atoms with Gasteiger partial charge in [0, 0.05) is 13.0 Å². The number of carbonyl (C=O) groups is 1. The number of rotatable bonds is 7. The maximum absolute atomic E-state index is 11.5. The predicted octanol–water partition coefficient (Wildman–Crippen LogP) is 1.14. The molecule has 1 aliphatic rings. The minimum atomic E-state index is -3.40. The first-order valence-electron chi connectivity index (χ1n) is 6.74. The molecule has 5 nitrogen and oxygen atoms in total. The van der Waals surface area contributed by atoms with Crippen molar-refractivity contribution >= 4 is 15.9 Å². The molecule has 0 aromatic carbocycles. The number of carbonyl (C=O) groups excluding carboxylic acids is 1. The predicted molar refractivity (Wildman–Crippen MR) is 71.4 cm³/mol. The van der Waals surface area contributed by atoms with Gasteiger partial charge in [-0.25, -0.2) is 13.6 Å². The van der Waals surface area contributed by atoms with E-state index in [1.807, 2.05) is 0 Å². The average Bonchev–Trinajstić information content (AvgIpc) is 2.32. The van der Waals surface area contributed by atoms with Crippen LogP contribution in [0.1, 0.15) is 51.4 Å². The summed E-state index contributed by atoms with van der Waals surface area (Å²) in [5.41, 5.74) is 0. The van der Waals surface area contributed by atoms with Crippen LogP contribution in [-0.2, 0) is 14.8 Å². The van der Waals surface area contributed by atoms with Gasteiger partial charge in [-0.15, -0.1) is 0 Å². The lowest BCUT2D eigenvalue weighted by molar-refractivity contribution is -0.121. The molecular formula is C12H24N2O3S. The van der Waals surface area contributed by atoms with Gasteiger partial charge in [0.2, 0.25) is 15.9 Å². The van der Waals surface area contributed by atoms with Crippen LogP contribution in [0.25, 0.3) is 0 Å². The van der Waals surface area contributed by atoms with Gasteiger partial charge in [0.1, 0.15) is 0 Å². The largest absolute Gasteiger partial charge is 0.356 e. The highest BCUT2D eigenvalue weighted by Crippen LogP contribution is 2.27. The summed E-state index contributed by atoms with van der Waals surface area (Å²) in [4.78, 5) is 11.5. The molecular weight excluding hydrogens is 252 g/mol. The Hall–Kier alpha value is -0.620. The van der Waals surface area contributed by atoms with Crippen LogP contribution in [0.4, 0.5) is 0 Å². The van der Waals surface area contributed by atoms with Crippen LogP contribution >= 0.6 is 0 Å². The Kier molecular flexibility index (Phi) is 6.63. The molecule has 0 unspecified atom stereocenters. The molecule has 1 aliphatic carbocycles. The fraction of sp³-hybridized carbons (Fsp3) is 0.917. The topological polar surface area (TPSA) is 89.3 Å². The van der Waals surface area contributed by atoms with Crippen LogP contribution in [0.3, 0.4) is 0 Å². The van der Waals surface area contributed by atoms with Crippen LogP contribution in [0.2, 0.25) is 0 Å². The summed E-state index contributed by atoms with van der Waals surface area (Å²) in [7, 11) is -3.40. The molecule has 18 heavy (non-hydrogen) atoms.